The molecule has 0 rings (SSSR count). The summed E-state index contributed by atoms with van der Waals surface area (Å²) < 4.78 is 25.3. The molecule has 84 valence electrons. The van der Waals surface area contributed by atoms with E-state index in [9.17, 15) is 13.2 Å². The molecule has 14 heavy (non-hydrogen) atoms. The van der Waals surface area contributed by atoms with Crippen molar-refractivity contribution in [1.29, 1.82) is 0 Å². The summed E-state index contributed by atoms with van der Waals surface area (Å²) in [6, 6.07) is 0. The van der Waals surface area contributed by atoms with Crippen LogP contribution in [0.25, 0.3) is 0 Å². The van der Waals surface area contributed by atoms with Crippen LogP contribution in [-0.2, 0) is 10.2 Å². The smallest absolute Gasteiger partial charge is 0.419 e. The van der Waals surface area contributed by atoms with E-state index in [0.29, 0.717) is 25.9 Å². The monoisotopic (exact) mass is 224 g/mol. The van der Waals surface area contributed by atoms with Crippen molar-refractivity contribution < 1.29 is 18.3 Å². The van der Waals surface area contributed by atoms with Gasteiger partial charge in [-0.25, -0.2) is 9.52 Å². The third-order valence-electron chi connectivity index (χ3n) is 1.50. The Morgan fingerprint density at radius 2 is 1.71 bits per heavy atom. The van der Waals surface area contributed by atoms with Crippen molar-refractivity contribution in [3.63, 3.8) is 0 Å². The molecule has 0 aromatic heterocycles. The van der Waals surface area contributed by atoms with Gasteiger partial charge in [0.1, 0.15) is 0 Å². The van der Waals surface area contributed by atoms with Crippen LogP contribution < -0.4 is 4.72 Å². The Kier molecular flexibility index (Phi) is 5.47. The molecule has 6 nitrogen and oxygen atoms in total. The molecule has 0 heterocycles. The number of carboxylic acid groups (broad SMARTS) is 1. The Morgan fingerprint density at radius 1 is 1.29 bits per heavy atom. The summed E-state index contributed by atoms with van der Waals surface area (Å²) >= 11 is 0. The molecule has 7 heteroatoms. The summed E-state index contributed by atoms with van der Waals surface area (Å²) in [5.74, 6) is 0. The number of amides is 1. The zero-order valence-electron chi connectivity index (χ0n) is 8.36. The standard InChI is InChI=1S/C7H16N2O4S/c1-3-5-9(6-4-2)14(12,13)8-7(10)11/h8H,3-6H2,1-2H3,(H,10,11). The summed E-state index contributed by atoms with van der Waals surface area (Å²) in [5.41, 5.74) is 0. The number of nitrogens with zero attached hydrogens (tertiary/aromatic N) is 1. The van der Waals surface area contributed by atoms with Crippen molar-refractivity contribution in [2.45, 2.75) is 26.7 Å². The molecule has 0 unspecified atom stereocenters. The molecule has 0 atom stereocenters. The van der Waals surface area contributed by atoms with Crippen molar-refractivity contribution in [1.82, 2.24) is 9.03 Å². The molecule has 1 amide bonds. The molecule has 0 bridgehead atoms. The maximum Gasteiger partial charge on any atom is 0.419 e. The fourth-order valence-electron chi connectivity index (χ4n) is 1.03. The van der Waals surface area contributed by atoms with Crippen molar-refractivity contribution in [2.75, 3.05) is 13.1 Å². The lowest BCUT2D eigenvalue weighted by atomic mass is 10.4. The molecule has 0 aromatic carbocycles. The van der Waals surface area contributed by atoms with E-state index in [1.165, 1.54) is 4.72 Å². The van der Waals surface area contributed by atoms with Gasteiger partial charge in [-0.1, -0.05) is 13.8 Å². The van der Waals surface area contributed by atoms with E-state index in [-0.39, 0.29) is 0 Å². The van der Waals surface area contributed by atoms with Gasteiger partial charge in [-0.05, 0) is 12.8 Å². The molecule has 0 aliphatic rings. The van der Waals surface area contributed by atoms with E-state index >= 15 is 0 Å². The minimum Gasteiger partial charge on any atom is -0.464 e. The predicted octanol–water partition coefficient (Wildman–Crippen LogP) is 0.621. The fraction of sp³-hybridized carbons (Fsp3) is 0.857. The Hall–Kier alpha value is -0.820. The van der Waals surface area contributed by atoms with Gasteiger partial charge in [0.15, 0.2) is 0 Å². The highest BCUT2D eigenvalue weighted by molar-refractivity contribution is 7.87. The molecule has 0 spiro atoms. The number of hydrogen-bond acceptors (Lipinski definition) is 3. The minimum atomic E-state index is -3.86. The molecule has 0 saturated heterocycles. The van der Waals surface area contributed by atoms with Crippen LogP contribution in [0.1, 0.15) is 26.7 Å². The molecule has 0 aliphatic carbocycles. The molecule has 2 N–H and O–H groups in total. The van der Waals surface area contributed by atoms with Gasteiger partial charge >= 0.3 is 16.3 Å². The summed E-state index contributed by atoms with van der Waals surface area (Å²) in [6.07, 6.45) is -0.247. The van der Waals surface area contributed by atoms with Crippen LogP contribution in [0.2, 0.25) is 0 Å². The van der Waals surface area contributed by atoms with Crippen LogP contribution in [0.3, 0.4) is 0 Å². The second kappa shape index (κ2) is 5.82. The van der Waals surface area contributed by atoms with E-state index in [0.717, 1.165) is 4.31 Å². The molecule has 0 saturated carbocycles. The third-order valence-corrected chi connectivity index (χ3v) is 2.98. The van der Waals surface area contributed by atoms with Crippen LogP contribution in [0.4, 0.5) is 4.79 Å². The molecule has 0 aromatic rings. The van der Waals surface area contributed by atoms with Crippen LogP contribution >= 0.6 is 0 Å². The largest absolute Gasteiger partial charge is 0.464 e. The van der Waals surface area contributed by atoms with Crippen LogP contribution in [-0.4, -0.2) is 37.0 Å². The average molecular weight is 224 g/mol. The average Bonchev–Trinajstić information content (AvgIpc) is 2.01. The van der Waals surface area contributed by atoms with Gasteiger partial charge in [0.25, 0.3) is 0 Å². The number of carbonyl (C=O) groups is 1. The first-order valence-corrected chi connectivity index (χ1v) is 5.88. The van der Waals surface area contributed by atoms with Crippen molar-refractivity contribution in [2.24, 2.45) is 0 Å². The Morgan fingerprint density at radius 3 is 2.00 bits per heavy atom. The van der Waals surface area contributed by atoms with Crippen LogP contribution in [0, 0.1) is 0 Å². The van der Waals surface area contributed by atoms with Gasteiger partial charge in [0.05, 0.1) is 0 Å². The summed E-state index contributed by atoms with van der Waals surface area (Å²) in [4.78, 5) is 10.2. The van der Waals surface area contributed by atoms with Gasteiger partial charge < -0.3 is 5.11 Å². The maximum absolute atomic E-state index is 11.4. The Bertz CT molecular complexity index is 269. The van der Waals surface area contributed by atoms with Crippen molar-refractivity contribution in [3.05, 3.63) is 0 Å². The van der Waals surface area contributed by atoms with E-state index in [1.54, 1.807) is 0 Å². The molecular weight excluding hydrogens is 208 g/mol. The van der Waals surface area contributed by atoms with Gasteiger partial charge in [-0.3, -0.25) is 0 Å². The Balaban J connectivity index is 4.53. The SMILES string of the molecule is CCCN(CCC)S(=O)(=O)NC(=O)O. The third kappa shape index (κ3) is 4.43. The van der Waals surface area contributed by atoms with E-state index in [2.05, 4.69) is 0 Å². The normalized spacial score (nSPS) is 11.6. The highest BCUT2D eigenvalue weighted by Crippen LogP contribution is 2.00. The highest BCUT2D eigenvalue weighted by atomic mass is 32.2. The van der Waals surface area contributed by atoms with Crippen LogP contribution in [0.5, 0.6) is 0 Å². The van der Waals surface area contributed by atoms with E-state index in [1.807, 2.05) is 13.8 Å². The van der Waals surface area contributed by atoms with E-state index < -0.39 is 16.3 Å². The lowest BCUT2D eigenvalue weighted by Gasteiger charge is -2.19. The second-order valence-electron chi connectivity index (χ2n) is 2.81. The van der Waals surface area contributed by atoms with Gasteiger partial charge in [-0.15, -0.1) is 0 Å². The predicted molar refractivity (Wildman–Crippen MR) is 52.2 cm³/mol. The number of rotatable bonds is 6. The molecule has 0 radical (unpaired) electrons. The maximum atomic E-state index is 11.4. The topological polar surface area (TPSA) is 86.7 Å². The molecule has 0 fully saturated rings. The number of nitrogens with one attached hydrogen (secondary N) is 1. The zero-order valence-corrected chi connectivity index (χ0v) is 9.17. The second-order valence-corrected chi connectivity index (χ2v) is 4.48. The summed E-state index contributed by atoms with van der Waals surface area (Å²) in [7, 11) is -3.86. The van der Waals surface area contributed by atoms with Gasteiger partial charge in [0, 0.05) is 13.1 Å². The van der Waals surface area contributed by atoms with Crippen LogP contribution in [0.15, 0.2) is 0 Å². The van der Waals surface area contributed by atoms with Crippen molar-refractivity contribution in [3.8, 4) is 0 Å². The first-order valence-electron chi connectivity index (χ1n) is 4.44. The lowest BCUT2D eigenvalue weighted by Crippen LogP contribution is -2.43. The lowest BCUT2D eigenvalue weighted by molar-refractivity contribution is 0.200. The first kappa shape index (κ1) is 13.2. The van der Waals surface area contributed by atoms with Gasteiger partial charge in [-0.2, -0.15) is 12.7 Å². The molecule has 0 aliphatic heterocycles. The zero-order chi connectivity index (χ0) is 11.2. The first-order chi connectivity index (χ1) is 6.44. The van der Waals surface area contributed by atoms with Crippen molar-refractivity contribution >= 4 is 16.3 Å². The quantitative estimate of drug-likeness (QED) is 0.692. The highest BCUT2D eigenvalue weighted by Gasteiger charge is 2.21. The number of hydrogen-bond donors (Lipinski definition) is 2. The minimum absolute atomic E-state index is 0.330. The summed E-state index contributed by atoms with van der Waals surface area (Å²) in [6.45, 7) is 4.32. The van der Waals surface area contributed by atoms with Gasteiger partial charge in [0.2, 0.25) is 0 Å². The Labute approximate surface area is 84.1 Å². The van der Waals surface area contributed by atoms with E-state index in [4.69, 9.17) is 5.11 Å². The fourth-order valence-corrected chi connectivity index (χ4v) is 2.22. The summed E-state index contributed by atoms with van der Waals surface area (Å²) in [5, 5.41) is 8.32. The molecular formula is C7H16N2O4S.